The fourth-order valence-corrected chi connectivity index (χ4v) is 3.02. The summed E-state index contributed by atoms with van der Waals surface area (Å²) in [6, 6.07) is 7.76. The quantitative estimate of drug-likeness (QED) is 0.912. The van der Waals surface area contributed by atoms with Crippen molar-refractivity contribution in [2.75, 3.05) is 13.7 Å². The van der Waals surface area contributed by atoms with E-state index in [1.807, 2.05) is 31.2 Å². The smallest absolute Gasteiger partial charge is 0.307 e. The summed E-state index contributed by atoms with van der Waals surface area (Å²) in [6.07, 6.45) is 0.790. The van der Waals surface area contributed by atoms with Gasteiger partial charge in [-0.1, -0.05) is 23.5 Å². The lowest BCUT2D eigenvalue weighted by Gasteiger charge is -2.12. The molecule has 2 aromatic rings. The summed E-state index contributed by atoms with van der Waals surface area (Å²) < 4.78 is 7.18. The van der Waals surface area contributed by atoms with Gasteiger partial charge < -0.3 is 10.5 Å². The van der Waals surface area contributed by atoms with E-state index in [0.717, 1.165) is 28.3 Å². The van der Waals surface area contributed by atoms with Gasteiger partial charge in [0.2, 0.25) is 0 Å². The molecule has 0 amide bonds. The molecule has 0 fully saturated rings. The second-order valence-electron chi connectivity index (χ2n) is 4.27. The van der Waals surface area contributed by atoms with Gasteiger partial charge in [-0.25, -0.2) is 0 Å². The van der Waals surface area contributed by atoms with E-state index in [0.29, 0.717) is 13.1 Å². The van der Waals surface area contributed by atoms with Crippen LogP contribution in [0.25, 0.3) is 11.3 Å². The number of methoxy groups -OCH3 is 1. The summed E-state index contributed by atoms with van der Waals surface area (Å²) in [5, 5.41) is 0. The first kappa shape index (κ1) is 13.8. The van der Waals surface area contributed by atoms with Crippen molar-refractivity contribution in [3.8, 4) is 17.0 Å². The fraction of sp³-hybridized carbons (Fsp3) is 0.357. The molecule has 2 rings (SSSR count). The summed E-state index contributed by atoms with van der Waals surface area (Å²) in [4.78, 5) is 13.1. The normalized spacial score (nSPS) is 10.7. The number of hydrogen-bond acceptors (Lipinski definition) is 4. The molecule has 0 radical (unpaired) electrons. The van der Waals surface area contributed by atoms with Crippen LogP contribution < -0.4 is 15.3 Å². The summed E-state index contributed by atoms with van der Waals surface area (Å²) in [5.74, 6) is 0.782. The van der Waals surface area contributed by atoms with Crippen molar-refractivity contribution in [2.24, 2.45) is 5.73 Å². The molecule has 1 aromatic carbocycles. The lowest BCUT2D eigenvalue weighted by atomic mass is 10.1. The van der Waals surface area contributed by atoms with Crippen LogP contribution in [0.4, 0.5) is 0 Å². The first-order valence-corrected chi connectivity index (χ1v) is 7.04. The first-order chi connectivity index (χ1) is 9.19. The summed E-state index contributed by atoms with van der Waals surface area (Å²) in [6.45, 7) is 3.19. The highest BCUT2D eigenvalue weighted by atomic mass is 32.1. The molecule has 1 aromatic heterocycles. The van der Waals surface area contributed by atoms with Gasteiger partial charge in [-0.2, -0.15) is 0 Å². The number of aryl methyl sites for hydroxylation is 1. The van der Waals surface area contributed by atoms with E-state index in [1.54, 1.807) is 11.7 Å². The van der Waals surface area contributed by atoms with Crippen LogP contribution in [0, 0.1) is 6.92 Å². The topological polar surface area (TPSA) is 57.2 Å². The molecule has 0 saturated heterocycles. The van der Waals surface area contributed by atoms with Crippen molar-refractivity contribution in [2.45, 2.75) is 19.9 Å². The Morgan fingerprint density at radius 2 is 2.11 bits per heavy atom. The summed E-state index contributed by atoms with van der Waals surface area (Å²) in [5.41, 5.74) is 7.44. The monoisotopic (exact) mass is 278 g/mol. The number of benzene rings is 1. The third-order valence-corrected chi connectivity index (χ3v) is 3.91. The molecule has 0 saturated carbocycles. The van der Waals surface area contributed by atoms with Gasteiger partial charge in [-0.3, -0.25) is 9.36 Å². The Labute approximate surface area is 116 Å². The lowest BCUT2D eigenvalue weighted by molar-refractivity contribution is 0.416. The van der Waals surface area contributed by atoms with Crippen molar-refractivity contribution in [1.82, 2.24) is 4.57 Å². The minimum absolute atomic E-state index is 0.0619. The van der Waals surface area contributed by atoms with Crippen molar-refractivity contribution in [1.29, 1.82) is 0 Å². The molecule has 0 spiro atoms. The lowest BCUT2D eigenvalue weighted by Crippen LogP contribution is -2.16. The van der Waals surface area contributed by atoms with Crippen LogP contribution in [0.2, 0.25) is 0 Å². The predicted molar refractivity (Wildman–Crippen MR) is 79.0 cm³/mol. The molecule has 0 unspecified atom stereocenters. The SMILES string of the molecule is COc1ccccc1-c1c(C)sc(=O)n1CCCN. The molecule has 2 N–H and O–H groups in total. The van der Waals surface area contributed by atoms with E-state index >= 15 is 0 Å². The largest absolute Gasteiger partial charge is 0.496 e. The molecule has 1 heterocycles. The van der Waals surface area contributed by atoms with E-state index in [9.17, 15) is 4.79 Å². The highest BCUT2D eigenvalue weighted by Crippen LogP contribution is 2.32. The molecule has 4 nitrogen and oxygen atoms in total. The average Bonchev–Trinajstić information content (AvgIpc) is 2.70. The third-order valence-electron chi connectivity index (χ3n) is 3.01. The van der Waals surface area contributed by atoms with Crippen LogP contribution in [-0.2, 0) is 6.54 Å². The maximum Gasteiger partial charge on any atom is 0.307 e. The highest BCUT2D eigenvalue weighted by Gasteiger charge is 2.16. The predicted octanol–water partition coefficient (Wildman–Crippen LogP) is 2.24. The number of rotatable bonds is 5. The number of ether oxygens (including phenoxy) is 1. The zero-order valence-electron chi connectivity index (χ0n) is 11.2. The third kappa shape index (κ3) is 2.72. The molecule has 19 heavy (non-hydrogen) atoms. The number of nitrogens with two attached hydrogens (primary N) is 1. The number of para-hydroxylation sites is 1. The molecular formula is C14H18N2O2S. The first-order valence-electron chi connectivity index (χ1n) is 6.22. The standard InChI is InChI=1S/C14H18N2O2S/c1-10-13(11-6-3-4-7-12(11)18-2)16(9-5-8-15)14(17)19-10/h3-4,6-7H,5,8-9,15H2,1-2H3. The zero-order valence-corrected chi connectivity index (χ0v) is 12.0. The molecule has 5 heteroatoms. The van der Waals surface area contributed by atoms with Crippen LogP contribution in [0.5, 0.6) is 5.75 Å². The minimum Gasteiger partial charge on any atom is -0.496 e. The molecule has 0 aliphatic rings. The molecule has 0 aliphatic carbocycles. The number of nitrogens with zero attached hydrogens (tertiary/aromatic N) is 1. The van der Waals surface area contributed by atoms with Crippen LogP contribution in [0.1, 0.15) is 11.3 Å². The Hall–Kier alpha value is -1.59. The van der Waals surface area contributed by atoms with Crippen LogP contribution in [0.15, 0.2) is 29.1 Å². The van der Waals surface area contributed by atoms with E-state index in [1.165, 1.54) is 11.3 Å². The van der Waals surface area contributed by atoms with Crippen LogP contribution in [-0.4, -0.2) is 18.2 Å². The Morgan fingerprint density at radius 3 is 2.79 bits per heavy atom. The second kappa shape index (κ2) is 6.04. The van der Waals surface area contributed by atoms with Crippen molar-refractivity contribution in [3.05, 3.63) is 38.8 Å². The molecule has 0 bridgehead atoms. The van der Waals surface area contributed by atoms with E-state index < -0.39 is 0 Å². The van der Waals surface area contributed by atoms with Gasteiger partial charge in [0, 0.05) is 17.0 Å². The average molecular weight is 278 g/mol. The van der Waals surface area contributed by atoms with Crippen LogP contribution in [0.3, 0.4) is 0 Å². The highest BCUT2D eigenvalue weighted by molar-refractivity contribution is 7.09. The maximum atomic E-state index is 12.0. The van der Waals surface area contributed by atoms with E-state index in [4.69, 9.17) is 10.5 Å². The molecule has 0 aliphatic heterocycles. The van der Waals surface area contributed by atoms with Gasteiger partial charge in [-0.15, -0.1) is 0 Å². The van der Waals surface area contributed by atoms with E-state index in [2.05, 4.69) is 0 Å². The van der Waals surface area contributed by atoms with Gasteiger partial charge in [0.15, 0.2) is 0 Å². The molecule has 102 valence electrons. The summed E-state index contributed by atoms with van der Waals surface area (Å²) in [7, 11) is 1.64. The summed E-state index contributed by atoms with van der Waals surface area (Å²) >= 11 is 1.27. The van der Waals surface area contributed by atoms with E-state index in [-0.39, 0.29) is 4.87 Å². The Morgan fingerprint density at radius 1 is 1.37 bits per heavy atom. The minimum atomic E-state index is 0.0619. The van der Waals surface area contributed by atoms with Gasteiger partial charge in [0.25, 0.3) is 0 Å². The van der Waals surface area contributed by atoms with Gasteiger partial charge in [0.05, 0.1) is 12.8 Å². The van der Waals surface area contributed by atoms with Gasteiger partial charge in [-0.05, 0) is 32.0 Å². The maximum absolute atomic E-state index is 12.0. The molecular weight excluding hydrogens is 260 g/mol. The fourth-order valence-electron chi connectivity index (χ4n) is 2.14. The molecule has 0 atom stereocenters. The number of thiazole rings is 1. The van der Waals surface area contributed by atoms with Gasteiger partial charge in [0.1, 0.15) is 5.75 Å². The van der Waals surface area contributed by atoms with Crippen LogP contribution >= 0.6 is 11.3 Å². The van der Waals surface area contributed by atoms with Crippen molar-refractivity contribution < 1.29 is 4.74 Å². The van der Waals surface area contributed by atoms with Crippen molar-refractivity contribution in [3.63, 3.8) is 0 Å². The second-order valence-corrected chi connectivity index (χ2v) is 5.43. The Bertz CT molecular complexity index is 616. The Balaban J connectivity index is 2.57. The Kier molecular flexibility index (Phi) is 4.39. The number of aromatic nitrogens is 1. The zero-order chi connectivity index (χ0) is 13.8. The van der Waals surface area contributed by atoms with Crippen molar-refractivity contribution >= 4 is 11.3 Å². The number of hydrogen-bond donors (Lipinski definition) is 1. The van der Waals surface area contributed by atoms with Gasteiger partial charge >= 0.3 is 4.87 Å².